The van der Waals surface area contributed by atoms with Crippen molar-refractivity contribution in [2.24, 2.45) is 0 Å². The summed E-state index contributed by atoms with van der Waals surface area (Å²) in [6.07, 6.45) is 1.73. The van der Waals surface area contributed by atoms with E-state index < -0.39 is 0 Å². The van der Waals surface area contributed by atoms with Gasteiger partial charge in [0.15, 0.2) is 0 Å². The molecule has 0 fully saturated rings. The van der Waals surface area contributed by atoms with Crippen molar-refractivity contribution >= 4 is 22.6 Å². The van der Waals surface area contributed by atoms with Crippen LogP contribution >= 0.6 is 22.6 Å². The fraction of sp³-hybridized carbons (Fsp3) is 0.333. The van der Waals surface area contributed by atoms with Crippen LogP contribution in [-0.2, 0) is 6.42 Å². The smallest absolute Gasteiger partial charge is 0.0795 e. The summed E-state index contributed by atoms with van der Waals surface area (Å²) < 4.78 is 1.26. The van der Waals surface area contributed by atoms with Crippen molar-refractivity contribution < 1.29 is 5.11 Å². The Balaban J connectivity index is 2.50. The number of benzene rings is 1. The molecule has 0 saturated heterocycles. The van der Waals surface area contributed by atoms with Crippen LogP contribution in [-0.4, -0.2) is 5.11 Å². The Morgan fingerprint density at radius 1 is 1.45 bits per heavy atom. The first-order valence-electron chi connectivity index (χ1n) is 3.74. The van der Waals surface area contributed by atoms with E-state index in [1.807, 2.05) is 12.1 Å². The third kappa shape index (κ3) is 1.29. The number of hydrogen-bond donors (Lipinski definition) is 1. The van der Waals surface area contributed by atoms with Crippen molar-refractivity contribution in [1.82, 2.24) is 0 Å². The minimum absolute atomic E-state index is 0.206. The molecule has 0 amide bonds. The maximum atomic E-state index is 9.47. The molecule has 1 nitrogen and oxygen atoms in total. The van der Waals surface area contributed by atoms with E-state index in [0.29, 0.717) is 0 Å². The molecular weight excluding hydrogens is 251 g/mol. The van der Waals surface area contributed by atoms with Gasteiger partial charge in [0, 0.05) is 3.57 Å². The molecule has 58 valence electrons. The second-order valence-corrected chi connectivity index (χ2v) is 4.14. The van der Waals surface area contributed by atoms with Gasteiger partial charge in [0.1, 0.15) is 0 Å². The highest BCUT2D eigenvalue weighted by molar-refractivity contribution is 14.1. The predicted octanol–water partition coefficient (Wildman–Crippen LogP) is 2.27. The Morgan fingerprint density at radius 2 is 2.27 bits per heavy atom. The summed E-state index contributed by atoms with van der Waals surface area (Å²) in [6.45, 7) is 0. The number of hydrogen-bond acceptors (Lipinski definition) is 1. The minimum atomic E-state index is -0.206. The lowest BCUT2D eigenvalue weighted by Gasteiger charge is -2.02. The first kappa shape index (κ1) is 7.55. The standard InChI is InChI=1S/C9H9IO/c10-7-2-3-8-6(5-7)1-4-9(8)11/h2-3,5,9,11H,1,4H2. The fourth-order valence-corrected chi connectivity index (χ4v) is 2.12. The molecule has 2 heteroatoms. The molecule has 11 heavy (non-hydrogen) atoms. The number of aliphatic hydroxyl groups is 1. The Labute approximate surface area is 79.6 Å². The van der Waals surface area contributed by atoms with E-state index in [0.717, 1.165) is 18.4 Å². The Kier molecular flexibility index (Phi) is 1.89. The van der Waals surface area contributed by atoms with Crippen molar-refractivity contribution in [2.75, 3.05) is 0 Å². The first-order valence-corrected chi connectivity index (χ1v) is 4.81. The topological polar surface area (TPSA) is 20.2 Å². The van der Waals surface area contributed by atoms with Crippen LogP contribution in [0.2, 0.25) is 0 Å². The number of fused-ring (bicyclic) bond motifs is 1. The van der Waals surface area contributed by atoms with Crippen molar-refractivity contribution in [3.8, 4) is 0 Å². The fourth-order valence-electron chi connectivity index (χ4n) is 1.56. The van der Waals surface area contributed by atoms with Crippen LogP contribution < -0.4 is 0 Å². The summed E-state index contributed by atoms with van der Waals surface area (Å²) in [4.78, 5) is 0. The third-order valence-electron chi connectivity index (χ3n) is 2.15. The Bertz CT molecular complexity index is 283. The zero-order chi connectivity index (χ0) is 7.84. The van der Waals surface area contributed by atoms with Gasteiger partial charge in [-0.05, 0) is 58.7 Å². The number of aliphatic hydroxyl groups excluding tert-OH is 1. The minimum Gasteiger partial charge on any atom is -0.388 e. The van der Waals surface area contributed by atoms with Crippen molar-refractivity contribution in [3.63, 3.8) is 0 Å². The molecule has 1 N–H and O–H groups in total. The zero-order valence-electron chi connectivity index (χ0n) is 6.05. The molecule has 1 aromatic carbocycles. The van der Waals surface area contributed by atoms with Gasteiger partial charge in [-0.1, -0.05) is 6.07 Å². The average molecular weight is 260 g/mol. The van der Waals surface area contributed by atoms with E-state index in [1.165, 1.54) is 9.13 Å². The van der Waals surface area contributed by atoms with Gasteiger partial charge < -0.3 is 5.11 Å². The Morgan fingerprint density at radius 3 is 3.09 bits per heavy atom. The largest absolute Gasteiger partial charge is 0.388 e. The van der Waals surface area contributed by atoms with E-state index in [1.54, 1.807) is 0 Å². The molecule has 0 aliphatic heterocycles. The van der Waals surface area contributed by atoms with E-state index in [-0.39, 0.29) is 6.10 Å². The number of aryl methyl sites for hydroxylation is 1. The molecule has 0 spiro atoms. The third-order valence-corrected chi connectivity index (χ3v) is 2.82. The van der Waals surface area contributed by atoms with Crippen LogP contribution in [0.3, 0.4) is 0 Å². The van der Waals surface area contributed by atoms with E-state index in [2.05, 4.69) is 28.7 Å². The van der Waals surface area contributed by atoms with Crippen LogP contribution in [0.25, 0.3) is 0 Å². The van der Waals surface area contributed by atoms with Gasteiger partial charge in [0.05, 0.1) is 6.10 Å². The molecule has 2 rings (SSSR count). The molecular formula is C9H9IO. The summed E-state index contributed by atoms with van der Waals surface area (Å²) in [6, 6.07) is 6.24. The van der Waals surface area contributed by atoms with E-state index >= 15 is 0 Å². The summed E-state index contributed by atoms with van der Waals surface area (Å²) in [5, 5.41) is 9.47. The molecule has 1 aliphatic carbocycles. The average Bonchev–Trinajstić information content (AvgIpc) is 2.32. The van der Waals surface area contributed by atoms with Crippen LogP contribution in [0.5, 0.6) is 0 Å². The molecule has 0 bridgehead atoms. The highest BCUT2D eigenvalue weighted by atomic mass is 127. The summed E-state index contributed by atoms with van der Waals surface area (Å²) in [7, 11) is 0. The van der Waals surface area contributed by atoms with Crippen LogP contribution in [0.1, 0.15) is 23.7 Å². The second kappa shape index (κ2) is 2.75. The van der Waals surface area contributed by atoms with Crippen molar-refractivity contribution in [1.29, 1.82) is 0 Å². The molecule has 0 radical (unpaired) electrons. The quantitative estimate of drug-likeness (QED) is 0.709. The lowest BCUT2D eigenvalue weighted by atomic mass is 10.1. The molecule has 1 unspecified atom stereocenters. The second-order valence-electron chi connectivity index (χ2n) is 2.90. The predicted molar refractivity (Wildman–Crippen MR) is 52.4 cm³/mol. The zero-order valence-corrected chi connectivity index (χ0v) is 8.21. The van der Waals surface area contributed by atoms with Crippen molar-refractivity contribution in [2.45, 2.75) is 18.9 Å². The monoisotopic (exact) mass is 260 g/mol. The summed E-state index contributed by atoms with van der Waals surface area (Å²) >= 11 is 2.30. The van der Waals surface area contributed by atoms with Crippen LogP contribution in [0, 0.1) is 3.57 Å². The normalized spacial score (nSPS) is 21.8. The van der Waals surface area contributed by atoms with E-state index in [4.69, 9.17) is 0 Å². The van der Waals surface area contributed by atoms with Gasteiger partial charge in [-0.2, -0.15) is 0 Å². The summed E-state index contributed by atoms with van der Waals surface area (Å²) in [5.74, 6) is 0. The highest BCUT2D eigenvalue weighted by Gasteiger charge is 2.19. The highest BCUT2D eigenvalue weighted by Crippen LogP contribution is 2.31. The SMILES string of the molecule is OC1CCc2cc(I)ccc21. The lowest BCUT2D eigenvalue weighted by molar-refractivity contribution is 0.180. The molecule has 0 heterocycles. The van der Waals surface area contributed by atoms with Gasteiger partial charge in [0.2, 0.25) is 0 Å². The lowest BCUT2D eigenvalue weighted by Crippen LogP contribution is -1.89. The molecule has 0 saturated carbocycles. The summed E-state index contributed by atoms with van der Waals surface area (Å²) in [5.41, 5.74) is 2.45. The van der Waals surface area contributed by atoms with Crippen molar-refractivity contribution in [3.05, 3.63) is 32.9 Å². The van der Waals surface area contributed by atoms with Gasteiger partial charge in [0.25, 0.3) is 0 Å². The molecule has 1 atom stereocenters. The Hall–Kier alpha value is -0.0900. The van der Waals surface area contributed by atoms with Gasteiger partial charge in [-0.15, -0.1) is 0 Å². The molecule has 1 aromatic rings. The maximum Gasteiger partial charge on any atom is 0.0795 e. The van der Waals surface area contributed by atoms with Crippen LogP contribution in [0.4, 0.5) is 0 Å². The van der Waals surface area contributed by atoms with Gasteiger partial charge >= 0.3 is 0 Å². The van der Waals surface area contributed by atoms with E-state index in [9.17, 15) is 5.11 Å². The molecule has 0 aromatic heterocycles. The first-order chi connectivity index (χ1) is 5.27. The molecule has 1 aliphatic rings. The van der Waals surface area contributed by atoms with Gasteiger partial charge in [-0.3, -0.25) is 0 Å². The number of rotatable bonds is 0. The maximum absolute atomic E-state index is 9.47. The van der Waals surface area contributed by atoms with Crippen LogP contribution in [0.15, 0.2) is 18.2 Å². The van der Waals surface area contributed by atoms with Gasteiger partial charge in [-0.25, -0.2) is 0 Å². The number of halogens is 1.